The van der Waals surface area contributed by atoms with Crippen LogP contribution in [0.3, 0.4) is 0 Å². The molecule has 156 valence electrons. The molecule has 6 nitrogen and oxygen atoms in total. The summed E-state index contributed by atoms with van der Waals surface area (Å²) in [5.41, 5.74) is 0.0152. The third-order valence-corrected chi connectivity index (χ3v) is 5.46. The summed E-state index contributed by atoms with van der Waals surface area (Å²) in [5.74, 6) is 0.391. The lowest BCUT2D eigenvalue weighted by molar-refractivity contribution is -0.146. The van der Waals surface area contributed by atoms with Crippen LogP contribution in [0.25, 0.3) is 0 Å². The number of hydrogen-bond donors (Lipinski definition) is 1. The number of hydrogen-bond acceptors (Lipinski definition) is 5. The summed E-state index contributed by atoms with van der Waals surface area (Å²) in [4.78, 5) is 25.3. The van der Waals surface area contributed by atoms with E-state index in [1.54, 1.807) is 18.2 Å². The molecule has 0 unspecified atom stereocenters. The monoisotopic (exact) mass is 391 g/mol. The fraction of sp³-hybridized carbons (Fsp3) is 0.636. The molecule has 0 aliphatic heterocycles. The van der Waals surface area contributed by atoms with Crippen molar-refractivity contribution in [2.24, 2.45) is 5.92 Å². The van der Waals surface area contributed by atoms with Crippen LogP contribution in [-0.2, 0) is 14.3 Å². The topological polar surface area (TPSA) is 73.9 Å². The summed E-state index contributed by atoms with van der Waals surface area (Å²) in [7, 11) is 1.33. The minimum atomic E-state index is -0.807. The maximum absolute atomic E-state index is 13.1. The van der Waals surface area contributed by atoms with Crippen molar-refractivity contribution in [3.63, 3.8) is 0 Å². The first-order valence-corrected chi connectivity index (χ1v) is 10.2. The molecule has 1 aliphatic carbocycles. The van der Waals surface area contributed by atoms with Gasteiger partial charge in [0.2, 0.25) is 0 Å². The van der Waals surface area contributed by atoms with Crippen molar-refractivity contribution < 1.29 is 23.8 Å². The Morgan fingerprint density at radius 3 is 2.50 bits per heavy atom. The van der Waals surface area contributed by atoms with Gasteiger partial charge in [-0.15, -0.1) is 0 Å². The maximum atomic E-state index is 13.1. The standard InChI is InChI=1S/C22H33NO5/c1-6-16(4)28-19-9-8-17(14-18(19)20(24)26-5)23-21(25)22(27-7-2)12-10-15(3)11-13-22/h8-9,14-16H,6-7,10-13H2,1-5H3,(H,23,25)/t15?,16-,22?/m1/s1. The second-order valence-electron chi connectivity index (χ2n) is 7.60. The largest absolute Gasteiger partial charge is 0.490 e. The molecule has 1 atom stereocenters. The van der Waals surface area contributed by atoms with E-state index in [2.05, 4.69) is 12.2 Å². The highest BCUT2D eigenvalue weighted by Crippen LogP contribution is 2.36. The van der Waals surface area contributed by atoms with Crippen molar-refractivity contribution in [2.75, 3.05) is 19.0 Å². The number of rotatable bonds is 8. The second-order valence-corrected chi connectivity index (χ2v) is 7.60. The lowest BCUT2D eigenvalue weighted by Gasteiger charge is -2.37. The van der Waals surface area contributed by atoms with E-state index in [1.165, 1.54) is 7.11 Å². The Hall–Kier alpha value is -2.08. The highest BCUT2D eigenvalue weighted by atomic mass is 16.5. The van der Waals surface area contributed by atoms with E-state index >= 15 is 0 Å². The molecule has 0 bridgehead atoms. The first kappa shape index (κ1) is 22.2. The van der Waals surface area contributed by atoms with Gasteiger partial charge < -0.3 is 19.5 Å². The van der Waals surface area contributed by atoms with E-state index in [-0.39, 0.29) is 12.0 Å². The second kappa shape index (κ2) is 9.92. The van der Waals surface area contributed by atoms with Crippen LogP contribution in [0.2, 0.25) is 0 Å². The summed E-state index contributed by atoms with van der Waals surface area (Å²) in [6.45, 7) is 8.54. The maximum Gasteiger partial charge on any atom is 0.341 e. The van der Waals surface area contributed by atoms with Crippen LogP contribution < -0.4 is 10.1 Å². The molecular formula is C22H33NO5. The fourth-order valence-corrected chi connectivity index (χ4v) is 3.47. The van der Waals surface area contributed by atoms with Gasteiger partial charge in [0.05, 0.1) is 13.2 Å². The van der Waals surface area contributed by atoms with Crippen LogP contribution in [0.5, 0.6) is 5.75 Å². The van der Waals surface area contributed by atoms with Crippen LogP contribution in [0.15, 0.2) is 18.2 Å². The summed E-state index contributed by atoms with van der Waals surface area (Å²) >= 11 is 0. The molecule has 1 aromatic carbocycles. The van der Waals surface area contributed by atoms with E-state index in [4.69, 9.17) is 14.2 Å². The number of amides is 1. The van der Waals surface area contributed by atoms with Gasteiger partial charge in [0.25, 0.3) is 5.91 Å². The normalized spacial score (nSPS) is 23.0. The smallest absolute Gasteiger partial charge is 0.341 e. The third kappa shape index (κ3) is 5.25. The minimum absolute atomic E-state index is 0.0331. The van der Waals surface area contributed by atoms with Crippen LogP contribution in [0.1, 0.15) is 70.2 Å². The zero-order valence-electron chi connectivity index (χ0n) is 17.7. The molecule has 0 spiro atoms. The molecule has 0 saturated heterocycles. The number of methoxy groups -OCH3 is 1. The molecule has 0 heterocycles. The number of carbonyl (C=O) groups excluding carboxylic acids is 2. The number of benzene rings is 1. The van der Waals surface area contributed by atoms with E-state index in [1.807, 2.05) is 20.8 Å². The van der Waals surface area contributed by atoms with Crippen molar-refractivity contribution in [2.45, 2.75) is 71.5 Å². The third-order valence-electron chi connectivity index (χ3n) is 5.46. The van der Waals surface area contributed by atoms with Crippen LogP contribution in [0, 0.1) is 5.92 Å². The summed E-state index contributed by atoms with van der Waals surface area (Å²) in [6.07, 6.45) is 4.11. The molecule has 1 amide bonds. The quantitative estimate of drug-likeness (QED) is 0.657. The molecule has 1 N–H and O–H groups in total. The lowest BCUT2D eigenvalue weighted by Crippen LogP contribution is -2.48. The first-order chi connectivity index (χ1) is 13.3. The lowest BCUT2D eigenvalue weighted by atomic mass is 9.78. The molecule has 1 aromatic rings. The molecule has 2 rings (SSSR count). The summed E-state index contributed by atoms with van der Waals surface area (Å²) in [5, 5.41) is 2.94. The first-order valence-electron chi connectivity index (χ1n) is 10.2. The number of esters is 1. The highest BCUT2D eigenvalue weighted by Gasteiger charge is 2.42. The molecule has 1 aliphatic rings. The number of nitrogens with one attached hydrogen (secondary N) is 1. The van der Waals surface area contributed by atoms with Gasteiger partial charge in [0.1, 0.15) is 16.9 Å². The van der Waals surface area contributed by atoms with Crippen molar-refractivity contribution in [3.05, 3.63) is 23.8 Å². The van der Waals surface area contributed by atoms with Gasteiger partial charge in [-0.2, -0.15) is 0 Å². The molecule has 28 heavy (non-hydrogen) atoms. The van der Waals surface area contributed by atoms with Gasteiger partial charge in [0, 0.05) is 12.3 Å². The molecular weight excluding hydrogens is 358 g/mol. The van der Waals surface area contributed by atoms with Crippen LogP contribution >= 0.6 is 0 Å². The predicted octanol–water partition coefficient (Wildman–Crippen LogP) is 4.57. The molecule has 0 radical (unpaired) electrons. The van der Waals surface area contributed by atoms with E-state index < -0.39 is 11.6 Å². The van der Waals surface area contributed by atoms with Crippen molar-refractivity contribution in [1.29, 1.82) is 0 Å². The van der Waals surface area contributed by atoms with Gasteiger partial charge in [-0.1, -0.05) is 13.8 Å². The predicted molar refractivity (Wildman–Crippen MR) is 109 cm³/mol. The zero-order chi connectivity index (χ0) is 20.7. The molecule has 1 saturated carbocycles. The Morgan fingerprint density at radius 1 is 1.25 bits per heavy atom. The fourth-order valence-electron chi connectivity index (χ4n) is 3.47. The average Bonchev–Trinajstić information content (AvgIpc) is 2.70. The summed E-state index contributed by atoms with van der Waals surface area (Å²) < 4.78 is 16.6. The van der Waals surface area contributed by atoms with Gasteiger partial charge in [-0.05, 0) is 70.1 Å². The number of anilines is 1. The Balaban J connectivity index is 2.24. The summed E-state index contributed by atoms with van der Waals surface area (Å²) in [6, 6.07) is 5.05. The van der Waals surface area contributed by atoms with Gasteiger partial charge in [-0.25, -0.2) is 4.79 Å². The van der Waals surface area contributed by atoms with Gasteiger partial charge in [0.15, 0.2) is 0 Å². The van der Waals surface area contributed by atoms with E-state index in [0.29, 0.717) is 42.4 Å². The Labute approximate surface area is 167 Å². The van der Waals surface area contributed by atoms with Crippen LogP contribution in [-0.4, -0.2) is 37.3 Å². The van der Waals surface area contributed by atoms with Crippen molar-refractivity contribution >= 4 is 17.6 Å². The molecule has 6 heteroatoms. The highest BCUT2D eigenvalue weighted by molar-refractivity contribution is 5.99. The Morgan fingerprint density at radius 2 is 1.93 bits per heavy atom. The van der Waals surface area contributed by atoms with Gasteiger partial charge >= 0.3 is 5.97 Å². The molecule has 1 fully saturated rings. The number of carbonyl (C=O) groups is 2. The van der Waals surface area contributed by atoms with Crippen LogP contribution in [0.4, 0.5) is 5.69 Å². The Kier molecular flexibility index (Phi) is 7.87. The minimum Gasteiger partial charge on any atom is -0.490 e. The average molecular weight is 392 g/mol. The van der Waals surface area contributed by atoms with Gasteiger partial charge in [-0.3, -0.25) is 4.79 Å². The van der Waals surface area contributed by atoms with Crippen molar-refractivity contribution in [1.82, 2.24) is 0 Å². The molecule has 0 aromatic heterocycles. The SMILES string of the molecule is CCOC1(C(=O)Nc2ccc(O[C@H](C)CC)c(C(=O)OC)c2)CCC(C)CC1. The van der Waals surface area contributed by atoms with Crippen molar-refractivity contribution in [3.8, 4) is 5.75 Å². The van der Waals surface area contributed by atoms with E-state index in [9.17, 15) is 9.59 Å². The zero-order valence-corrected chi connectivity index (χ0v) is 17.7. The Bertz CT molecular complexity index is 680. The number of ether oxygens (including phenoxy) is 3. The van der Waals surface area contributed by atoms with E-state index in [0.717, 1.165) is 19.3 Å².